The van der Waals surface area contributed by atoms with E-state index in [2.05, 4.69) is 39.8 Å². The predicted molar refractivity (Wildman–Crippen MR) is 114 cm³/mol. The molecular formula is C23H30N4O2. The van der Waals surface area contributed by atoms with E-state index in [1.807, 2.05) is 37.3 Å². The van der Waals surface area contributed by atoms with Gasteiger partial charge in [-0.25, -0.2) is 4.79 Å². The van der Waals surface area contributed by atoms with Crippen molar-refractivity contribution in [1.29, 1.82) is 0 Å². The number of benzene rings is 2. The van der Waals surface area contributed by atoms with Crippen LogP contribution in [0.1, 0.15) is 42.0 Å². The van der Waals surface area contributed by atoms with Crippen LogP contribution in [0, 0.1) is 6.92 Å². The third kappa shape index (κ3) is 6.32. The first-order valence-electron chi connectivity index (χ1n) is 10.2. The number of carbonyl (C=O) groups is 2. The van der Waals surface area contributed by atoms with E-state index < -0.39 is 12.1 Å². The van der Waals surface area contributed by atoms with Crippen LogP contribution < -0.4 is 16.4 Å². The predicted octanol–water partition coefficient (Wildman–Crippen LogP) is 2.88. The molecule has 0 bridgehead atoms. The molecule has 3 amide bonds. The molecule has 2 atom stereocenters. The summed E-state index contributed by atoms with van der Waals surface area (Å²) in [5.74, 6) is -0.0708. The summed E-state index contributed by atoms with van der Waals surface area (Å²) in [6.07, 6.45) is 2.19. The summed E-state index contributed by atoms with van der Waals surface area (Å²) >= 11 is 0. The molecule has 6 nitrogen and oxygen atoms in total. The van der Waals surface area contributed by atoms with Gasteiger partial charge in [0.25, 0.3) is 0 Å². The third-order valence-corrected chi connectivity index (χ3v) is 5.39. The maximum atomic E-state index is 12.7. The second kappa shape index (κ2) is 10.1. The lowest BCUT2D eigenvalue weighted by Crippen LogP contribution is -2.48. The first-order chi connectivity index (χ1) is 14.0. The van der Waals surface area contributed by atoms with E-state index in [-0.39, 0.29) is 18.4 Å². The Morgan fingerprint density at radius 1 is 1.14 bits per heavy atom. The van der Waals surface area contributed by atoms with Gasteiger partial charge < -0.3 is 16.4 Å². The number of rotatable bonds is 7. The Hall–Kier alpha value is -2.86. The van der Waals surface area contributed by atoms with E-state index in [1.54, 1.807) is 0 Å². The topological polar surface area (TPSA) is 87.5 Å². The summed E-state index contributed by atoms with van der Waals surface area (Å²) in [4.78, 5) is 26.6. The number of nitrogens with two attached hydrogens (primary N) is 1. The first-order valence-corrected chi connectivity index (χ1v) is 10.2. The highest BCUT2D eigenvalue weighted by molar-refractivity contribution is 5.79. The fourth-order valence-corrected chi connectivity index (χ4v) is 4.02. The van der Waals surface area contributed by atoms with Gasteiger partial charge in [0.2, 0.25) is 5.91 Å². The van der Waals surface area contributed by atoms with Crippen LogP contribution >= 0.6 is 0 Å². The number of likely N-dealkylation sites (tertiary alicyclic amines) is 1. The SMILES string of the molecule is Cc1ccccc1C(CC(=O)NC1CCCN(Cc2ccccc2)C1)NC(N)=O. The maximum absolute atomic E-state index is 12.7. The van der Waals surface area contributed by atoms with Crippen molar-refractivity contribution in [1.82, 2.24) is 15.5 Å². The average Bonchev–Trinajstić information content (AvgIpc) is 2.68. The van der Waals surface area contributed by atoms with E-state index in [0.29, 0.717) is 0 Å². The molecule has 1 heterocycles. The molecule has 0 saturated carbocycles. The Bertz CT molecular complexity index is 825. The zero-order valence-corrected chi connectivity index (χ0v) is 16.9. The van der Waals surface area contributed by atoms with Crippen LogP contribution in [-0.2, 0) is 11.3 Å². The van der Waals surface area contributed by atoms with Gasteiger partial charge in [-0.1, -0.05) is 54.6 Å². The third-order valence-electron chi connectivity index (χ3n) is 5.39. The quantitative estimate of drug-likeness (QED) is 0.675. The van der Waals surface area contributed by atoms with Crippen molar-refractivity contribution < 1.29 is 9.59 Å². The Labute approximate surface area is 172 Å². The molecule has 154 valence electrons. The second-order valence-corrected chi connectivity index (χ2v) is 7.75. The fourth-order valence-electron chi connectivity index (χ4n) is 4.02. The number of carbonyl (C=O) groups excluding carboxylic acids is 2. The average molecular weight is 395 g/mol. The van der Waals surface area contributed by atoms with Crippen LogP contribution in [-0.4, -0.2) is 36.0 Å². The molecule has 1 aliphatic rings. The molecule has 0 spiro atoms. The monoisotopic (exact) mass is 394 g/mol. The van der Waals surface area contributed by atoms with E-state index in [0.717, 1.165) is 43.6 Å². The van der Waals surface area contributed by atoms with Gasteiger partial charge >= 0.3 is 6.03 Å². The molecule has 1 fully saturated rings. The van der Waals surface area contributed by atoms with Gasteiger partial charge in [0.05, 0.1) is 12.5 Å². The van der Waals surface area contributed by atoms with Crippen molar-refractivity contribution in [3.8, 4) is 0 Å². The van der Waals surface area contributed by atoms with Gasteiger partial charge in [0, 0.05) is 19.1 Å². The Morgan fingerprint density at radius 2 is 1.86 bits per heavy atom. The Kier molecular flexibility index (Phi) is 7.25. The molecule has 1 saturated heterocycles. The summed E-state index contributed by atoms with van der Waals surface area (Å²) in [5.41, 5.74) is 8.56. The van der Waals surface area contributed by atoms with Gasteiger partial charge in [-0.15, -0.1) is 0 Å². The minimum absolute atomic E-state index is 0.0708. The van der Waals surface area contributed by atoms with E-state index in [4.69, 9.17) is 5.73 Å². The smallest absolute Gasteiger partial charge is 0.312 e. The lowest BCUT2D eigenvalue weighted by molar-refractivity contribution is -0.122. The number of primary amides is 1. The largest absolute Gasteiger partial charge is 0.352 e. The van der Waals surface area contributed by atoms with Crippen molar-refractivity contribution >= 4 is 11.9 Å². The number of hydrogen-bond acceptors (Lipinski definition) is 3. The molecule has 4 N–H and O–H groups in total. The molecule has 0 aromatic heterocycles. The summed E-state index contributed by atoms with van der Waals surface area (Å²) in [6, 6.07) is 17.2. The summed E-state index contributed by atoms with van der Waals surface area (Å²) in [7, 11) is 0. The van der Waals surface area contributed by atoms with Crippen LogP contribution in [0.5, 0.6) is 0 Å². The van der Waals surface area contributed by atoms with Crippen LogP contribution in [0.2, 0.25) is 0 Å². The van der Waals surface area contributed by atoms with Crippen molar-refractivity contribution in [3.05, 3.63) is 71.3 Å². The number of amides is 3. The molecule has 0 aliphatic carbocycles. The second-order valence-electron chi connectivity index (χ2n) is 7.75. The van der Waals surface area contributed by atoms with Gasteiger partial charge in [0.15, 0.2) is 0 Å². The Morgan fingerprint density at radius 3 is 2.59 bits per heavy atom. The number of aryl methyl sites for hydroxylation is 1. The maximum Gasteiger partial charge on any atom is 0.312 e. The van der Waals surface area contributed by atoms with Gasteiger partial charge in [0.1, 0.15) is 0 Å². The van der Waals surface area contributed by atoms with Crippen LogP contribution in [0.4, 0.5) is 4.79 Å². The standard InChI is InChI=1S/C23H30N4O2/c1-17-8-5-6-12-20(17)21(26-23(24)29)14-22(28)25-19-11-7-13-27(16-19)15-18-9-3-2-4-10-18/h2-6,8-10,12,19,21H,7,11,13-16H2,1H3,(H,25,28)(H3,24,26,29). The van der Waals surface area contributed by atoms with Gasteiger partial charge in [-0.05, 0) is 43.0 Å². The highest BCUT2D eigenvalue weighted by Gasteiger charge is 2.24. The number of hydrogen-bond donors (Lipinski definition) is 3. The van der Waals surface area contributed by atoms with E-state index in [9.17, 15) is 9.59 Å². The van der Waals surface area contributed by atoms with Gasteiger partial charge in [-0.3, -0.25) is 9.69 Å². The summed E-state index contributed by atoms with van der Waals surface area (Å²) < 4.78 is 0. The van der Waals surface area contributed by atoms with E-state index >= 15 is 0 Å². The molecule has 0 radical (unpaired) electrons. The van der Waals surface area contributed by atoms with Crippen LogP contribution in [0.15, 0.2) is 54.6 Å². The number of nitrogens with zero attached hydrogens (tertiary/aromatic N) is 1. The van der Waals surface area contributed by atoms with Crippen LogP contribution in [0.3, 0.4) is 0 Å². The number of piperidine rings is 1. The lowest BCUT2D eigenvalue weighted by Gasteiger charge is -2.33. The summed E-state index contributed by atoms with van der Waals surface area (Å²) in [6.45, 7) is 4.73. The molecule has 2 unspecified atom stereocenters. The minimum Gasteiger partial charge on any atom is -0.352 e. The lowest BCUT2D eigenvalue weighted by atomic mass is 9.98. The van der Waals surface area contributed by atoms with E-state index in [1.165, 1.54) is 5.56 Å². The molecular weight excluding hydrogens is 364 g/mol. The Balaban J connectivity index is 1.57. The molecule has 3 rings (SSSR count). The van der Waals surface area contributed by atoms with Crippen molar-refractivity contribution in [2.45, 2.75) is 44.8 Å². The normalized spacial score (nSPS) is 18.0. The fraction of sp³-hybridized carbons (Fsp3) is 0.391. The molecule has 6 heteroatoms. The van der Waals surface area contributed by atoms with Crippen LogP contribution in [0.25, 0.3) is 0 Å². The van der Waals surface area contributed by atoms with Crippen molar-refractivity contribution in [2.24, 2.45) is 5.73 Å². The first kappa shape index (κ1) is 20.9. The molecule has 1 aliphatic heterocycles. The zero-order chi connectivity index (χ0) is 20.6. The molecule has 29 heavy (non-hydrogen) atoms. The highest BCUT2D eigenvalue weighted by atomic mass is 16.2. The molecule has 2 aromatic carbocycles. The van der Waals surface area contributed by atoms with Crippen molar-refractivity contribution in [3.63, 3.8) is 0 Å². The van der Waals surface area contributed by atoms with Gasteiger partial charge in [-0.2, -0.15) is 0 Å². The summed E-state index contributed by atoms with van der Waals surface area (Å²) in [5, 5.41) is 5.87. The molecule has 2 aromatic rings. The zero-order valence-electron chi connectivity index (χ0n) is 16.9. The highest BCUT2D eigenvalue weighted by Crippen LogP contribution is 2.21. The van der Waals surface area contributed by atoms with Crippen molar-refractivity contribution in [2.75, 3.05) is 13.1 Å². The number of urea groups is 1. The number of nitrogens with one attached hydrogen (secondary N) is 2. The minimum atomic E-state index is -0.627.